The molecule has 1 aliphatic heterocycles. The van der Waals surface area contributed by atoms with Gasteiger partial charge in [0, 0.05) is 27.1 Å². The van der Waals surface area contributed by atoms with Crippen LogP contribution in [0.4, 0.5) is 0 Å². The van der Waals surface area contributed by atoms with Gasteiger partial charge in [-0.3, -0.25) is 4.79 Å². The van der Waals surface area contributed by atoms with E-state index in [1.165, 1.54) is 17.7 Å². The van der Waals surface area contributed by atoms with Crippen molar-refractivity contribution < 1.29 is 4.79 Å². The maximum Gasteiger partial charge on any atom is 0.141 e. The van der Waals surface area contributed by atoms with Crippen LogP contribution in [0.15, 0.2) is 15.9 Å². The first-order valence-corrected chi connectivity index (χ1v) is 7.83. The molecule has 92 valence electrons. The van der Waals surface area contributed by atoms with Gasteiger partial charge in [-0.05, 0) is 59.8 Å². The third-order valence-electron chi connectivity index (χ3n) is 4.15. The largest absolute Gasteiger partial charge is 0.317 e. The third kappa shape index (κ3) is 2.35. The van der Waals surface area contributed by atoms with Crippen LogP contribution in [0.25, 0.3) is 0 Å². The molecule has 0 bridgehead atoms. The van der Waals surface area contributed by atoms with Crippen LogP contribution in [-0.2, 0) is 11.2 Å². The van der Waals surface area contributed by atoms with Gasteiger partial charge in [-0.25, -0.2) is 0 Å². The average Bonchev–Trinajstić information content (AvgIpc) is 2.85. The van der Waals surface area contributed by atoms with Crippen molar-refractivity contribution >= 4 is 33.0 Å². The molecular formula is C13H16BrNOS. The second kappa shape index (κ2) is 4.48. The van der Waals surface area contributed by atoms with Crippen LogP contribution in [0.2, 0.25) is 0 Å². The lowest BCUT2D eigenvalue weighted by atomic mass is 9.90. The standard InChI is InChI=1S/C13H16BrNOS/c14-9-5-10(17-8-9)6-12(16)11-7-13(11)1-3-15-4-2-13/h5,8,11,15H,1-4,6-7H2. The second-order valence-electron chi connectivity index (χ2n) is 5.24. The van der Waals surface area contributed by atoms with Crippen LogP contribution < -0.4 is 5.32 Å². The maximum absolute atomic E-state index is 12.2. The van der Waals surface area contributed by atoms with Gasteiger partial charge < -0.3 is 5.32 Å². The molecule has 0 radical (unpaired) electrons. The summed E-state index contributed by atoms with van der Waals surface area (Å²) in [6.45, 7) is 2.18. The van der Waals surface area contributed by atoms with Crippen LogP contribution in [0.5, 0.6) is 0 Å². The van der Waals surface area contributed by atoms with Gasteiger partial charge >= 0.3 is 0 Å². The second-order valence-corrected chi connectivity index (χ2v) is 7.15. The molecule has 1 N–H and O–H groups in total. The molecule has 1 saturated heterocycles. The minimum Gasteiger partial charge on any atom is -0.317 e. The Morgan fingerprint density at radius 1 is 1.53 bits per heavy atom. The lowest BCUT2D eigenvalue weighted by Crippen LogP contribution is -2.30. The highest BCUT2D eigenvalue weighted by Crippen LogP contribution is 2.59. The van der Waals surface area contributed by atoms with Crippen molar-refractivity contribution in [2.75, 3.05) is 13.1 Å². The van der Waals surface area contributed by atoms with Crippen LogP contribution in [-0.4, -0.2) is 18.9 Å². The number of Topliss-reactive ketones (excluding diaryl/α,β-unsaturated/α-hetero) is 1. The Balaban J connectivity index is 1.61. The van der Waals surface area contributed by atoms with Gasteiger partial charge in [-0.15, -0.1) is 11.3 Å². The molecule has 2 nitrogen and oxygen atoms in total. The first-order valence-electron chi connectivity index (χ1n) is 6.16. The Morgan fingerprint density at radius 3 is 2.94 bits per heavy atom. The van der Waals surface area contributed by atoms with Crippen LogP contribution in [0.3, 0.4) is 0 Å². The van der Waals surface area contributed by atoms with E-state index in [1.807, 2.05) is 0 Å². The SMILES string of the molecule is O=C(Cc1cc(Br)cs1)C1CC12CCNCC2. The fraction of sp³-hybridized carbons (Fsp3) is 0.615. The van der Waals surface area contributed by atoms with E-state index in [2.05, 4.69) is 32.7 Å². The molecule has 1 unspecified atom stereocenters. The minimum atomic E-state index is 0.352. The summed E-state index contributed by atoms with van der Waals surface area (Å²) in [6, 6.07) is 2.07. The summed E-state index contributed by atoms with van der Waals surface area (Å²) >= 11 is 5.11. The monoisotopic (exact) mass is 313 g/mol. The number of hydrogen-bond donors (Lipinski definition) is 1. The van der Waals surface area contributed by atoms with E-state index in [9.17, 15) is 4.79 Å². The zero-order valence-corrected chi connectivity index (χ0v) is 12.1. The highest BCUT2D eigenvalue weighted by Gasteiger charge is 2.56. The number of rotatable bonds is 3. The number of piperidine rings is 1. The quantitative estimate of drug-likeness (QED) is 0.929. The van der Waals surface area contributed by atoms with Crippen LogP contribution >= 0.6 is 27.3 Å². The van der Waals surface area contributed by atoms with Crippen molar-refractivity contribution in [3.63, 3.8) is 0 Å². The molecule has 2 fully saturated rings. The lowest BCUT2D eigenvalue weighted by molar-refractivity contribution is -0.120. The van der Waals surface area contributed by atoms with E-state index in [0.29, 0.717) is 23.5 Å². The van der Waals surface area contributed by atoms with Crippen molar-refractivity contribution in [3.8, 4) is 0 Å². The van der Waals surface area contributed by atoms with E-state index < -0.39 is 0 Å². The number of ketones is 1. The number of thiophene rings is 1. The van der Waals surface area contributed by atoms with Crippen molar-refractivity contribution in [2.24, 2.45) is 11.3 Å². The Hall–Kier alpha value is -0.190. The number of hydrogen-bond acceptors (Lipinski definition) is 3. The highest BCUT2D eigenvalue weighted by molar-refractivity contribution is 9.10. The van der Waals surface area contributed by atoms with Crippen molar-refractivity contribution in [1.29, 1.82) is 0 Å². The van der Waals surface area contributed by atoms with Crippen LogP contribution in [0.1, 0.15) is 24.1 Å². The fourth-order valence-electron chi connectivity index (χ4n) is 3.02. The molecule has 1 atom stereocenters. The van der Waals surface area contributed by atoms with E-state index in [1.54, 1.807) is 11.3 Å². The summed E-state index contributed by atoms with van der Waals surface area (Å²) in [5.41, 5.74) is 0.386. The molecule has 1 saturated carbocycles. The van der Waals surface area contributed by atoms with Gasteiger partial charge in [0.2, 0.25) is 0 Å². The predicted octanol–water partition coefficient (Wildman–Crippen LogP) is 3.01. The molecule has 0 amide bonds. The molecule has 3 rings (SSSR count). The van der Waals surface area contributed by atoms with Gasteiger partial charge in [0.15, 0.2) is 0 Å². The molecule has 4 heteroatoms. The van der Waals surface area contributed by atoms with Crippen LogP contribution in [0, 0.1) is 11.3 Å². The van der Waals surface area contributed by atoms with Gasteiger partial charge in [-0.2, -0.15) is 0 Å². The molecule has 0 aromatic carbocycles. The zero-order valence-electron chi connectivity index (χ0n) is 9.67. The van der Waals surface area contributed by atoms with Crippen molar-refractivity contribution in [1.82, 2.24) is 5.32 Å². The Bertz CT molecular complexity index is 436. The Labute approximate surface area is 114 Å². The number of carbonyl (C=O) groups is 1. The van der Waals surface area contributed by atoms with E-state index >= 15 is 0 Å². The molecule has 2 aliphatic rings. The van der Waals surface area contributed by atoms with E-state index in [0.717, 1.165) is 24.0 Å². The molecular weight excluding hydrogens is 298 g/mol. The molecule has 1 aromatic rings. The molecule has 1 aromatic heterocycles. The lowest BCUT2D eigenvalue weighted by Gasteiger charge is -2.23. The van der Waals surface area contributed by atoms with Crippen molar-refractivity contribution in [2.45, 2.75) is 25.7 Å². The third-order valence-corrected chi connectivity index (χ3v) is 5.85. The summed E-state index contributed by atoms with van der Waals surface area (Å²) in [4.78, 5) is 13.4. The average molecular weight is 314 g/mol. The van der Waals surface area contributed by atoms with Gasteiger partial charge in [0.1, 0.15) is 5.78 Å². The van der Waals surface area contributed by atoms with E-state index in [-0.39, 0.29) is 0 Å². The summed E-state index contributed by atoms with van der Waals surface area (Å²) in [7, 11) is 0. The van der Waals surface area contributed by atoms with Gasteiger partial charge in [-0.1, -0.05) is 0 Å². The Kier molecular flexibility index (Phi) is 3.13. The minimum absolute atomic E-state index is 0.352. The van der Waals surface area contributed by atoms with Gasteiger partial charge in [0.05, 0.1) is 0 Å². The zero-order chi connectivity index (χ0) is 11.9. The highest BCUT2D eigenvalue weighted by atomic mass is 79.9. The normalized spacial score (nSPS) is 26.1. The number of nitrogens with one attached hydrogen (secondary N) is 1. The van der Waals surface area contributed by atoms with Crippen molar-refractivity contribution in [3.05, 3.63) is 20.8 Å². The molecule has 2 heterocycles. The molecule has 1 spiro atoms. The summed E-state index contributed by atoms with van der Waals surface area (Å²) in [5.74, 6) is 0.812. The maximum atomic E-state index is 12.2. The topological polar surface area (TPSA) is 29.1 Å². The predicted molar refractivity (Wildman–Crippen MR) is 73.4 cm³/mol. The van der Waals surface area contributed by atoms with E-state index in [4.69, 9.17) is 0 Å². The summed E-state index contributed by atoms with van der Waals surface area (Å²) < 4.78 is 1.10. The summed E-state index contributed by atoms with van der Waals surface area (Å²) in [5, 5.41) is 5.43. The number of carbonyl (C=O) groups excluding carboxylic acids is 1. The smallest absolute Gasteiger partial charge is 0.141 e. The Morgan fingerprint density at radius 2 is 2.29 bits per heavy atom. The summed E-state index contributed by atoms with van der Waals surface area (Å²) in [6.07, 6.45) is 4.16. The molecule has 1 aliphatic carbocycles. The number of halogens is 1. The first kappa shape index (κ1) is 11.9. The molecule has 17 heavy (non-hydrogen) atoms. The van der Waals surface area contributed by atoms with Gasteiger partial charge in [0.25, 0.3) is 0 Å². The fourth-order valence-corrected chi connectivity index (χ4v) is 4.48. The first-order chi connectivity index (χ1) is 8.20.